The largest absolute Gasteiger partial charge is 0.279 e. The van der Waals surface area contributed by atoms with Gasteiger partial charge in [-0.3, -0.25) is 4.72 Å². The summed E-state index contributed by atoms with van der Waals surface area (Å²) in [5.74, 6) is 0. The van der Waals surface area contributed by atoms with Crippen LogP contribution in [0.2, 0.25) is 0 Å². The predicted molar refractivity (Wildman–Crippen MR) is 79.1 cm³/mol. The van der Waals surface area contributed by atoms with Gasteiger partial charge in [-0.15, -0.1) is 11.3 Å². The normalized spacial score (nSPS) is 11.6. The van der Waals surface area contributed by atoms with Crippen LogP contribution in [0, 0.1) is 0 Å². The Morgan fingerprint density at radius 3 is 2.42 bits per heavy atom. The highest BCUT2D eigenvalue weighted by Crippen LogP contribution is 2.23. The van der Waals surface area contributed by atoms with E-state index in [1.165, 1.54) is 11.3 Å². The van der Waals surface area contributed by atoms with Gasteiger partial charge in [-0.2, -0.15) is 0 Å². The Balaban J connectivity index is 1.98. The third kappa shape index (κ3) is 2.47. The fourth-order valence-electron chi connectivity index (χ4n) is 1.87. The molecular formula is C14H11NO2S2. The summed E-state index contributed by atoms with van der Waals surface area (Å²) >= 11 is 1.20. The molecule has 0 spiro atoms. The number of thiophene rings is 1. The van der Waals surface area contributed by atoms with E-state index >= 15 is 0 Å². The number of rotatable bonds is 3. The van der Waals surface area contributed by atoms with Gasteiger partial charge in [0.2, 0.25) is 0 Å². The van der Waals surface area contributed by atoms with Crippen molar-refractivity contribution in [3.63, 3.8) is 0 Å². The molecule has 2 aromatic carbocycles. The SMILES string of the molecule is O=S(=O)(Nc1ccc2ccccc2c1)c1cccs1. The second kappa shape index (κ2) is 4.68. The van der Waals surface area contributed by atoms with Gasteiger partial charge in [0.05, 0.1) is 0 Å². The Morgan fingerprint density at radius 2 is 1.68 bits per heavy atom. The van der Waals surface area contributed by atoms with Crippen LogP contribution in [0.15, 0.2) is 64.2 Å². The summed E-state index contributed by atoms with van der Waals surface area (Å²) in [7, 11) is -3.47. The molecule has 0 atom stereocenters. The highest BCUT2D eigenvalue weighted by molar-refractivity contribution is 7.94. The van der Waals surface area contributed by atoms with E-state index in [1.807, 2.05) is 36.4 Å². The summed E-state index contributed by atoms with van der Waals surface area (Å²) in [6.45, 7) is 0. The number of benzene rings is 2. The molecule has 1 N–H and O–H groups in total. The molecule has 3 rings (SSSR count). The lowest BCUT2D eigenvalue weighted by atomic mass is 10.1. The molecule has 0 saturated carbocycles. The van der Waals surface area contributed by atoms with Crippen molar-refractivity contribution in [3.05, 3.63) is 60.0 Å². The van der Waals surface area contributed by atoms with E-state index in [0.717, 1.165) is 10.8 Å². The second-order valence-electron chi connectivity index (χ2n) is 4.10. The summed E-state index contributed by atoms with van der Waals surface area (Å²) in [5.41, 5.74) is 0.576. The maximum atomic E-state index is 12.1. The van der Waals surface area contributed by atoms with E-state index in [9.17, 15) is 8.42 Å². The molecule has 0 aliphatic carbocycles. The molecule has 3 nitrogen and oxygen atoms in total. The minimum Gasteiger partial charge on any atom is -0.279 e. The molecule has 19 heavy (non-hydrogen) atoms. The molecule has 96 valence electrons. The lowest BCUT2D eigenvalue weighted by Gasteiger charge is -2.07. The van der Waals surface area contributed by atoms with Crippen molar-refractivity contribution in [1.82, 2.24) is 0 Å². The van der Waals surface area contributed by atoms with Crippen LogP contribution in [0.1, 0.15) is 0 Å². The number of hydrogen-bond donors (Lipinski definition) is 1. The first-order chi connectivity index (χ1) is 9.15. The van der Waals surface area contributed by atoms with Crippen LogP contribution in [0.3, 0.4) is 0 Å². The van der Waals surface area contributed by atoms with Gasteiger partial charge in [0, 0.05) is 5.69 Å². The van der Waals surface area contributed by atoms with Crippen LogP contribution in [0.25, 0.3) is 10.8 Å². The number of sulfonamides is 1. The highest BCUT2D eigenvalue weighted by Gasteiger charge is 2.14. The van der Waals surface area contributed by atoms with Gasteiger partial charge in [0.1, 0.15) is 4.21 Å². The van der Waals surface area contributed by atoms with E-state index in [4.69, 9.17) is 0 Å². The quantitative estimate of drug-likeness (QED) is 0.799. The fourth-order valence-corrected chi connectivity index (χ4v) is 3.92. The average molecular weight is 289 g/mol. The van der Waals surface area contributed by atoms with Crippen molar-refractivity contribution in [2.45, 2.75) is 4.21 Å². The first-order valence-corrected chi connectivity index (χ1v) is 8.06. The smallest absolute Gasteiger partial charge is 0.271 e. The van der Waals surface area contributed by atoms with Crippen LogP contribution in [0.5, 0.6) is 0 Å². The zero-order chi connectivity index (χ0) is 13.3. The molecule has 1 heterocycles. The van der Waals surface area contributed by atoms with Gasteiger partial charge in [0.15, 0.2) is 0 Å². The van der Waals surface area contributed by atoms with Crippen molar-refractivity contribution in [3.8, 4) is 0 Å². The minimum absolute atomic E-state index is 0.320. The molecule has 0 aliphatic heterocycles. The van der Waals surface area contributed by atoms with E-state index < -0.39 is 10.0 Å². The topological polar surface area (TPSA) is 46.2 Å². The lowest BCUT2D eigenvalue weighted by Crippen LogP contribution is -2.11. The number of nitrogens with one attached hydrogen (secondary N) is 1. The first-order valence-electron chi connectivity index (χ1n) is 5.70. The summed E-state index contributed by atoms with van der Waals surface area (Å²) in [6.07, 6.45) is 0. The minimum atomic E-state index is -3.47. The van der Waals surface area contributed by atoms with Gasteiger partial charge in [-0.25, -0.2) is 8.42 Å². The maximum Gasteiger partial charge on any atom is 0.271 e. The monoisotopic (exact) mass is 289 g/mol. The molecule has 3 aromatic rings. The molecule has 0 saturated heterocycles. The molecule has 0 bridgehead atoms. The van der Waals surface area contributed by atoms with E-state index in [2.05, 4.69) is 4.72 Å². The summed E-state index contributed by atoms with van der Waals surface area (Å²) in [6, 6.07) is 16.7. The Morgan fingerprint density at radius 1 is 0.895 bits per heavy atom. The van der Waals surface area contributed by atoms with Crippen LogP contribution in [-0.2, 0) is 10.0 Å². The Labute approximate surface area is 115 Å². The van der Waals surface area contributed by atoms with Crippen molar-refractivity contribution < 1.29 is 8.42 Å². The summed E-state index contributed by atoms with van der Waals surface area (Å²) in [5, 5.41) is 3.84. The first kappa shape index (κ1) is 12.2. The maximum absolute atomic E-state index is 12.1. The van der Waals surface area contributed by atoms with Crippen LogP contribution < -0.4 is 4.72 Å². The molecule has 0 aliphatic rings. The van der Waals surface area contributed by atoms with E-state index in [0.29, 0.717) is 9.90 Å². The summed E-state index contributed by atoms with van der Waals surface area (Å²) in [4.78, 5) is 0. The predicted octanol–water partition coefficient (Wildman–Crippen LogP) is 3.70. The van der Waals surface area contributed by atoms with Crippen molar-refractivity contribution in [1.29, 1.82) is 0 Å². The highest BCUT2D eigenvalue weighted by atomic mass is 32.2. The van der Waals surface area contributed by atoms with Crippen molar-refractivity contribution in [2.75, 3.05) is 4.72 Å². The zero-order valence-corrected chi connectivity index (χ0v) is 11.5. The Hall–Kier alpha value is -1.85. The van der Waals surface area contributed by atoms with Gasteiger partial charge in [-0.05, 0) is 34.4 Å². The third-order valence-corrected chi connectivity index (χ3v) is 5.54. The number of hydrogen-bond acceptors (Lipinski definition) is 3. The average Bonchev–Trinajstić information content (AvgIpc) is 2.93. The third-order valence-electron chi connectivity index (χ3n) is 2.76. The molecule has 0 radical (unpaired) electrons. The van der Waals surface area contributed by atoms with Gasteiger partial charge in [-0.1, -0.05) is 36.4 Å². The number of anilines is 1. The standard InChI is InChI=1S/C14H11NO2S2/c16-19(17,14-6-3-9-18-14)15-13-8-7-11-4-1-2-5-12(11)10-13/h1-10,15H. The fraction of sp³-hybridized carbons (Fsp3) is 0. The van der Waals surface area contributed by atoms with E-state index in [-0.39, 0.29) is 0 Å². The molecular weight excluding hydrogens is 278 g/mol. The molecule has 0 fully saturated rings. The zero-order valence-electron chi connectivity index (χ0n) is 9.91. The Kier molecular flexibility index (Phi) is 3.00. The van der Waals surface area contributed by atoms with Gasteiger partial charge in [0.25, 0.3) is 10.0 Å². The van der Waals surface area contributed by atoms with Gasteiger partial charge < -0.3 is 0 Å². The lowest BCUT2D eigenvalue weighted by molar-refractivity contribution is 0.603. The summed E-state index contributed by atoms with van der Waals surface area (Å²) < 4.78 is 27.1. The second-order valence-corrected chi connectivity index (χ2v) is 6.96. The van der Waals surface area contributed by atoms with Crippen molar-refractivity contribution in [2.24, 2.45) is 0 Å². The van der Waals surface area contributed by atoms with Crippen LogP contribution in [-0.4, -0.2) is 8.42 Å². The molecule has 5 heteroatoms. The molecule has 0 unspecified atom stereocenters. The van der Waals surface area contributed by atoms with Gasteiger partial charge >= 0.3 is 0 Å². The van der Waals surface area contributed by atoms with Crippen LogP contribution >= 0.6 is 11.3 Å². The number of fused-ring (bicyclic) bond motifs is 1. The van der Waals surface area contributed by atoms with Crippen LogP contribution in [0.4, 0.5) is 5.69 Å². The van der Waals surface area contributed by atoms with Crippen molar-refractivity contribution >= 4 is 37.8 Å². The molecule has 1 aromatic heterocycles. The Bertz CT molecular complexity index is 808. The molecule has 0 amide bonds. The van der Waals surface area contributed by atoms with E-state index in [1.54, 1.807) is 23.6 Å².